The molecule has 0 aliphatic heterocycles. The smallest absolute Gasteiger partial charge is 0.237 e. The third-order valence-corrected chi connectivity index (χ3v) is 23.6. The lowest BCUT2D eigenvalue weighted by atomic mass is 9.71. The lowest BCUT2D eigenvalue weighted by Crippen LogP contribution is -2.32. The fourth-order valence-corrected chi connectivity index (χ4v) is 17.9. The van der Waals surface area contributed by atoms with Gasteiger partial charge in [-0.25, -0.2) is 0 Å². The maximum Gasteiger partial charge on any atom is 0.237 e. The van der Waals surface area contributed by atoms with Crippen molar-refractivity contribution < 1.29 is 34.3 Å². The number of fused-ring (bicyclic) bond motifs is 12. The Kier molecular flexibility index (Phi) is 13.4. The summed E-state index contributed by atoms with van der Waals surface area (Å²) in [6.45, 7) is 1.44. The van der Waals surface area contributed by atoms with Gasteiger partial charge in [0.1, 0.15) is 37.7 Å². The van der Waals surface area contributed by atoms with Crippen LogP contribution in [0.3, 0.4) is 0 Å². The zero-order valence-corrected chi connectivity index (χ0v) is 61.3. The molecule has 6 heterocycles. The molecule has 6 nitrogen and oxygen atoms in total. The van der Waals surface area contributed by atoms with Gasteiger partial charge in [0.2, 0.25) is 17.1 Å². The van der Waals surface area contributed by atoms with Crippen LogP contribution in [-0.4, -0.2) is 13.7 Å². The van der Waals surface area contributed by atoms with E-state index in [0.717, 1.165) is 163 Å². The van der Waals surface area contributed by atoms with E-state index in [1.165, 1.54) is 80.6 Å². The van der Waals surface area contributed by atoms with Crippen LogP contribution in [0.15, 0.2) is 176 Å². The van der Waals surface area contributed by atoms with E-state index >= 15 is 0 Å². The third-order valence-electron chi connectivity index (χ3n) is 23.6. The van der Waals surface area contributed by atoms with Gasteiger partial charge < -0.3 is 13.7 Å². The van der Waals surface area contributed by atoms with Gasteiger partial charge in [-0.05, 0) is 243 Å². The van der Waals surface area contributed by atoms with E-state index in [1.54, 1.807) is 36.7 Å². The van der Waals surface area contributed by atoms with Gasteiger partial charge in [0, 0.05) is 108 Å². The molecule has 3 aliphatic carbocycles. The number of aromatic nitrogens is 6. The molecule has 9 aromatic carbocycles. The van der Waals surface area contributed by atoms with Crippen LogP contribution in [0.2, 0.25) is 0 Å². The van der Waals surface area contributed by atoms with E-state index in [4.69, 9.17) is 19.2 Å². The second-order valence-corrected chi connectivity index (χ2v) is 30.9. The van der Waals surface area contributed by atoms with E-state index in [9.17, 15) is 1.37 Å². The number of hydrogen-bond donors (Lipinski definition) is 0. The largest absolute Gasteiger partial charge is 0.338 e. The van der Waals surface area contributed by atoms with Crippen LogP contribution in [0, 0.1) is 53.6 Å². The first-order valence-corrected chi connectivity index (χ1v) is 37.0. The van der Waals surface area contributed by atoms with Gasteiger partial charge in [0.15, 0.2) is 18.6 Å². The predicted molar refractivity (Wildman–Crippen MR) is 433 cm³/mol. The van der Waals surface area contributed by atoms with Gasteiger partial charge in [0.05, 0.1) is 16.7 Å². The van der Waals surface area contributed by atoms with Gasteiger partial charge in [-0.3, -0.25) is 0 Å². The van der Waals surface area contributed by atoms with Crippen LogP contribution in [0.1, 0.15) is 198 Å². The minimum Gasteiger partial charge on any atom is -0.338 e. The first-order chi connectivity index (χ1) is 55.0. The molecule has 6 aromatic heterocycles. The molecule has 102 heavy (non-hydrogen) atoms. The number of benzene rings is 9. The van der Waals surface area contributed by atoms with Gasteiger partial charge in [-0.2, -0.15) is 13.7 Å². The summed E-state index contributed by atoms with van der Waals surface area (Å²) in [7, 11) is 11.9. The maximum absolute atomic E-state index is 9.33. The van der Waals surface area contributed by atoms with E-state index < -0.39 is 45.1 Å². The molecule has 0 amide bonds. The minimum atomic E-state index is -2.35. The van der Waals surface area contributed by atoms with Crippen molar-refractivity contribution in [1.29, 1.82) is 0 Å². The topological polar surface area (TPSA) is 26.4 Å². The lowest BCUT2D eigenvalue weighted by Gasteiger charge is -2.34. The monoisotopic (exact) mass is 1360 g/mol. The Morgan fingerprint density at radius 1 is 0.373 bits per heavy atom. The second kappa shape index (κ2) is 26.5. The zero-order valence-electron chi connectivity index (χ0n) is 76.3. The van der Waals surface area contributed by atoms with Crippen molar-refractivity contribution in [3.05, 3.63) is 232 Å². The molecular weight excluding hydrogens is 1240 g/mol. The molecule has 0 atom stereocenters. The Labute approximate surface area is 626 Å². The Hall–Kier alpha value is -9.39. The highest BCUT2D eigenvalue weighted by molar-refractivity contribution is 6.18. The maximum atomic E-state index is 9.33. The van der Waals surface area contributed by atoms with Crippen LogP contribution >= 0.6 is 0 Å². The highest BCUT2D eigenvalue weighted by atomic mass is 15.0. The predicted octanol–water partition coefficient (Wildman–Crippen LogP) is 23.9. The fourth-order valence-electron chi connectivity index (χ4n) is 17.9. The minimum absolute atomic E-state index is 0.265. The number of aryl methyl sites for hydroxylation is 13. The molecule has 0 N–H and O–H groups in total. The summed E-state index contributed by atoms with van der Waals surface area (Å²) in [5.74, 6) is -1.63. The van der Waals surface area contributed by atoms with Crippen LogP contribution in [0.25, 0.3) is 132 Å². The molecule has 516 valence electrons. The number of hydrogen-bond acceptors (Lipinski definition) is 0. The highest BCUT2D eigenvalue weighted by Crippen LogP contribution is 2.46. The van der Waals surface area contributed by atoms with Gasteiger partial charge >= 0.3 is 0 Å². The van der Waals surface area contributed by atoms with Crippen molar-refractivity contribution in [3.63, 3.8) is 0 Å². The summed E-state index contributed by atoms with van der Waals surface area (Å²) in [4.78, 5) is 0. The van der Waals surface area contributed by atoms with Crippen LogP contribution < -0.4 is 13.7 Å². The molecule has 3 aliphatic rings. The highest BCUT2D eigenvalue weighted by Gasteiger charge is 2.31. The number of rotatable bonds is 6. The summed E-state index contributed by atoms with van der Waals surface area (Å²) in [6, 6.07) is 53.7. The van der Waals surface area contributed by atoms with E-state index in [0.29, 0.717) is 10.8 Å². The summed E-state index contributed by atoms with van der Waals surface area (Å²) in [5, 5.41) is 12.2. The molecule has 15 aromatic rings. The molecule has 0 saturated heterocycles. The van der Waals surface area contributed by atoms with Crippen LogP contribution in [-0.2, 0) is 42.3 Å². The van der Waals surface area contributed by atoms with Crippen molar-refractivity contribution in [3.8, 4) is 33.8 Å². The second-order valence-electron chi connectivity index (χ2n) is 30.9. The van der Waals surface area contributed by atoms with Crippen molar-refractivity contribution in [2.45, 2.75) is 170 Å². The van der Waals surface area contributed by atoms with Crippen LogP contribution in [0.4, 0.5) is 0 Å². The van der Waals surface area contributed by atoms with Gasteiger partial charge in [-0.15, -0.1) is 0 Å². The molecule has 0 bridgehead atoms. The number of pyridine rings is 3. The van der Waals surface area contributed by atoms with E-state index in [-0.39, 0.29) is 27.7 Å². The van der Waals surface area contributed by atoms with Gasteiger partial charge in [-0.1, -0.05) is 161 Å². The van der Waals surface area contributed by atoms with Crippen molar-refractivity contribution >= 4 is 97.7 Å². The fraction of sp³-hybridized carbons (Fsp3) is 0.344. The summed E-state index contributed by atoms with van der Waals surface area (Å²) < 4.78 is 138. The van der Waals surface area contributed by atoms with Crippen molar-refractivity contribution in [2.24, 2.45) is 47.7 Å². The Bertz CT molecular complexity index is 6540. The van der Waals surface area contributed by atoms with Crippen molar-refractivity contribution in [1.82, 2.24) is 13.7 Å². The Morgan fingerprint density at radius 2 is 0.784 bits per heavy atom. The Balaban J connectivity index is 0.000000132. The Morgan fingerprint density at radius 3 is 1.23 bits per heavy atom. The third kappa shape index (κ3) is 11.9. The summed E-state index contributed by atoms with van der Waals surface area (Å²) in [5.41, 5.74) is 19.4. The van der Waals surface area contributed by atoms with E-state index in [2.05, 4.69) is 181 Å². The number of nitrogens with zero attached hydrogens (tertiary/aromatic N) is 6. The van der Waals surface area contributed by atoms with Crippen molar-refractivity contribution in [2.75, 3.05) is 0 Å². The normalized spacial score (nSPS) is 19.2. The zero-order chi connectivity index (χ0) is 83.5. The molecule has 3 fully saturated rings. The lowest BCUT2D eigenvalue weighted by molar-refractivity contribution is -0.659. The van der Waals surface area contributed by atoms with Crippen LogP contribution in [0.5, 0.6) is 0 Å². The average molecular weight is 1360 g/mol. The molecule has 0 unspecified atom stereocenters. The molecule has 6 heteroatoms. The molecular formula is C96H105N6+3. The summed E-state index contributed by atoms with van der Waals surface area (Å²) in [6.07, 6.45) is 19.9. The molecule has 18 rings (SSSR count). The molecule has 3 saturated carbocycles. The first-order valence-electron chi connectivity index (χ1n) is 44.5. The quantitative estimate of drug-likeness (QED) is 0.148. The summed E-state index contributed by atoms with van der Waals surface area (Å²) >= 11 is 0. The molecule has 0 spiro atoms. The average Bonchev–Trinajstić information content (AvgIpc) is 1.57. The SMILES string of the molecule is [2H]C([2H])([2H])c1ccc(-c2c3c(c(C([2H])([2H])[2H])c[n+]2C)c2cc4cc(C5([2H])CCC(C)(C)CC5)ccc4cc2n3C)c(C)c1.[2H]C([2H])([2H])c1ccc(-c2c3c(c(C([2H])([2H])[2H])c[n+]2C)c2cc4cc(C5([2H])CCCCC5)ccc4cc2n3C)c(C)c1.[2H]C1(c2ccc3cc4c(cc3c2)c2cc[n+](C)c(-c3ccccc3C)c2n4C)CCCCC1. The molecule has 0 radical (unpaired) electrons. The van der Waals surface area contributed by atoms with Gasteiger partial charge in [0.25, 0.3) is 0 Å². The standard InChI is InChI=1S/C34H39N2.C32H35N2.C30H31N2/c1-21-8-11-28(22(2)16-21)32-33-31(23(3)20-35(32)6)29-18-27-17-25(24-12-14-34(4,5)15-13-24)9-10-26(27)19-30(29)36(33)7;1-20-11-14-27(21(2)15-20)31-32-30(22(3)19-33(31)4)28-17-26-16-24(23-9-7-6-8-10-23)12-13-25(26)18-29(28)34(32)5;1-20-9-7-8-12-25(20)29-30-26(15-16-31(29)2)27-18-24-17-22(21-10-5-4-6-11-21)13-14-23(24)19-28(27)32(30)3/h8-11,16-20,24H,12-15H2,1-7H3;11-19,23H,6-10H2,1-5H3;7-9,12-19,21H,4-6,10-11H2,1-3H3/q3*+1/i1D3,3D3,24D;1D3,3D3,23D;21D. The van der Waals surface area contributed by atoms with E-state index in [1.807, 2.05) is 63.3 Å². The first kappa shape index (κ1) is 51.7.